The monoisotopic (exact) mass is 137 g/mol. The highest BCUT2D eigenvalue weighted by Crippen LogP contribution is 2.11. The highest BCUT2D eigenvalue weighted by Gasteiger charge is 2.06. The van der Waals surface area contributed by atoms with Crippen LogP contribution in [0.15, 0.2) is 23.8 Å². The molecule has 0 saturated heterocycles. The van der Waals surface area contributed by atoms with Crippen LogP contribution in [-0.4, -0.2) is 12.3 Å². The van der Waals surface area contributed by atoms with Crippen molar-refractivity contribution in [2.45, 2.75) is 18.9 Å². The van der Waals surface area contributed by atoms with E-state index < -0.39 is 0 Å². The van der Waals surface area contributed by atoms with Crippen LogP contribution < -0.4 is 5.73 Å². The van der Waals surface area contributed by atoms with Crippen molar-refractivity contribution < 1.29 is 4.79 Å². The van der Waals surface area contributed by atoms with Crippen LogP contribution in [0.3, 0.4) is 0 Å². The molecule has 2 heteroatoms. The molecule has 2 N–H and O–H groups in total. The zero-order valence-electron chi connectivity index (χ0n) is 5.79. The van der Waals surface area contributed by atoms with Crippen LogP contribution in [0.25, 0.3) is 0 Å². The maximum Gasteiger partial charge on any atom is 0.140 e. The lowest BCUT2D eigenvalue weighted by atomic mass is 10.0. The second kappa shape index (κ2) is 3.32. The van der Waals surface area contributed by atoms with Gasteiger partial charge >= 0.3 is 0 Å². The molecule has 0 aliphatic heterocycles. The summed E-state index contributed by atoms with van der Waals surface area (Å²) >= 11 is 0. The van der Waals surface area contributed by atoms with Gasteiger partial charge in [0.1, 0.15) is 6.29 Å². The average molecular weight is 137 g/mol. The van der Waals surface area contributed by atoms with Crippen molar-refractivity contribution in [1.29, 1.82) is 0 Å². The third kappa shape index (κ3) is 1.54. The molecule has 0 aromatic rings. The Morgan fingerprint density at radius 3 is 2.90 bits per heavy atom. The second-order valence-electron chi connectivity index (χ2n) is 2.35. The van der Waals surface area contributed by atoms with Gasteiger partial charge in [-0.25, -0.2) is 0 Å². The van der Waals surface area contributed by atoms with Crippen molar-refractivity contribution in [2.24, 2.45) is 5.73 Å². The van der Waals surface area contributed by atoms with Gasteiger partial charge in [-0.3, -0.25) is 0 Å². The molecule has 0 fully saturated rings. The van der Waals surface area contributed by atoms with E-state index >= 15 is 0 Å². The molecule has 1 aliphatic rings. The zero-order chi connectivity index (χ0) is 7.40. The van der Waals surface area contributed by atoms with E-state index in [2.05, 4.69) is 6.08 Å². The van der Waals surface area contributed by atoms with E-state index in [9.17, 15) is 4.79 Å². The van der Waals surface area contributed by atoms with Gasteiger partial charge in [0.05, 0.1) is 6.04 Å². The van der Waals surface area contributed by atoms with Gasteiger partial charge in [0.25, 0.3) is 0 Å². The maximum absolute atomic E-state index is 10.2. The van der Waals surface area contributed by atoms with Crippen molar-refractivity contribution in [2.75, 3.05) is 0 Å². The normalized spacial score (nSPS) is 19.9. The molecule has 0 heterocycles. The molecule has 0 aromatic carbocycles. The molecule has 1 rings (SSSR count). The van der Waals surface area contributed by atoms with Crippen molar-refractivity contribution >= 4 is 6.29 Å². The molecule has 0 spiro atoms. The van der Waals surface area contributed by atoms with E-state index in [0.29, 0.717) is 0 Å². The highest BCUT2D eigenvalue weighted by atomic mass is 16.1. The van der Waals surface area contributed by atoms with Gasteiger partial charge in [-0.05, 0) is 18.4 Å². The van der Waals surface area contributed by atoms with Gasteiger partial charge in [0.2, 0.25) is 0 Å². The molecule has 0 aromatic heterocycles. The van der Waals surface area contributed by atoms with Gasteiger partial charge in [-0.15, -0.1) is 0 Å². The Morgan fingerprint density at radius 1 is 1.60 bits per heavy atom. The Balaban J connectivity index is 2.55. The summed E-state index contributed by atoms with van der Waals surface area (Å²) in [7, 11) is 0. The summed E-state index contributed by atoms with van der Waals surface area (Å²) in [6.45, 7) is 0. The van der Waals surface area contributed by atoms with Gasteiger partial charge < -0.3 is 10.5 Å². The molecule has 2 nitrogen and oxygen atoms in total. The topological polar surface area (TPSA) is 43.1 Å². The smallest absolute Gasteiger partial charge is 0.140 e. The second-order valence-corrected chi connectivity index (χ2v) is 2.35. The minimum Gasteiger partial charge on any atom is -0.318 e. The molecule has 0 radical (unpaired) electrons. The summed E-state index contributed by atoms with van der Waals surface area (Å²) in [5.74, 6) is 0. The Bertz CT molecular complexity index is 182. The first-order valence-corrected chi connectivity index (χ1v) is 3.39. The van der Waals surface area contributed by atoms with Crippen LogP contribution in [0.4, 0.5) is 0 Å². The summed E-state index contributed by atoms with van der Waals surface area (Å²) in [6, 6.07) is -0.384. The lowest BCUT2D eigenvalue weighted by molar-refractivity contribution is -0.108. The summed E-state index contributed by atoms with van der Waals surface area (Å²) in [6.07, 6.45) is 8.65. The van der Waals surface area contributed by atoms with Crippen LogP contribution >= 0.6 is 0 Å². The van der Waals surface area contributed by atoms with Crippen molar-refractivity contribution in [3.05, 3.63) is 23.8 Å². The molecule has 0 unspecified atom stereocenters. The number of carbonyl (C=O) groups excluding carboxylic acids is 1. The predicted molar refractivity (Wildman–Crippen MR) is 40.5 cm³/mol. The van der Waals surface area contributed by atoms with E-state index in [1.165, 1.54) is 0 Å². The minimum absolute atomic E-state index is 0.384. The third-order valence-electron chi connectivity index (χ3n) is 1.61. The number of allylic oxidation sites excluding steroid dienone is 3. The largest absolute Gasteiger partial charge is 0.318 e. The Morgan fingerprint density at radius 2 is 2.40 bits per heavy atom. The lowest BCUT2D eigenvalue weighted by Crippen LogP contribution is -2.24. The van der Waals surface area contributed by atoms with Crippen molar-refractivity contribution in [3.8, 4) is 0 Å². The highest BCUT2D eigenvalue weighted by molar-refractivity contribution is 5.63. The van der Waals surface area contributed by atoms with Gasteiger partial charge in [0, 0.05) is 0 Å². The fraction of sp³-hybridized carbons (Fsp3) is 0.375. The number of hydrogen-bond acceptors (Lipinski definition) is 2. The zero-order valence-corrected chi connectivity index (χ0v) is 5.79. The third-order valence-corrected chi connectivity index (χ3v) is 1.61. The van der Waals surface area contributed by atoms with Crippen LogP contribution in [0.2, 0.25) is 0 Å². The number of carbonyl (C=O) groups is 1. The fourth-order valence-corrected chi connectivity index (χ4v) is 0.978. The molecule has 0 bridgehead atoms. The average Bonchev–Trinajstić information content (AvgIpc) is 2.05. The maximum atomic E-state index is 10.2. The van der Waals surface area contributed by atoms with Crippen molar-refractivity contribution in [3.63, 3.8) is 0 Å². The number of hydrogen-bond donors (Lipinski definition) is 1. The summed E-state index contributed by atoms with van der Waals surface area (Å²) in [5, 5.41) is 0. The Kier molecular flexibility index (Phi) is 2.40. The Hall–Kier alpha value is -0.890. The number of aldehydes is 1. The lowest BCUT2D eigenvalue weighted by Gasteiger charge is -2.09. The van der Waals surface area contributed by atoms with Gasteiger partial charge in [0.15, 0.2) is 0 Å². The predicted octanol–water partition coefficient (Wildman–Crippen LogP) is 0.789. The summed E-state index contributed by atoms with van der Waals surface area (Å²) < 4.78 is 0. The molecule has 0 amide bonds. The first kappa shape index (κ1) is 7.22. The quantitative estimate of drug-likeness (QED) is 0.451. The molecule has 10 heavy (non-hydrogen) atoms. The molecule has 0 saturated carbocycles. The summed E-state index contributed by atoms with van der Waals surface area (Å²) in [5.41, 5.74) is 6.52. The Labute approximate surface area is 60.4 Å². The van der Waals surface area contributed by atoms with Gasteiger partial charge in [-0.1, -0.05) is 18.2 Å². The molecule has 54 valence electrons. The standard InChI is InChI=1S/C8H11NO/c9-8(6-10)7-4-2-1-3-5-7/h1-2,5-6,8H,3-4,9H2/t8-/m0/s1. The van der Waals surface area contributed by atoms with E-state index in [4.69, 9.17) is 5.73 Å². The van der Waals surface area contributed by atoms with Crippen molar-refractivity contribution in [1.82, 2.24) is 0 Å². The molecular formula is C8H11NO. The van der Waals surface area contributed by atoms with Crippen LogP contribution in [0.1, 0.15) is 12.8 Å². The number of nitrogens with two attached hydrogens (primary N) is 1. The molecule has 1 aliphatic carbocycles. The van der Waals surface area contributed by atoms with E-state index in [-0.39, 0.29) is 6.04 Å². The van der Waals surface area contributed by atoms with Gasteiger partial charge in [-0.2, -0.15) is 0 Å². The van der Waals surface area contributed by atoms with E-state index in [0.717, 1.165) is 24.7 Å². The van der Waals surface area contributed by atoms with E-state index in [1.807, 2.05) is 12.2 Å². The van der Waals surface area contributed by atoms with E-state index in [1.54, 1.807) is 0 Å². The molecular weight excluding hydrogens is 126 g/mol. The first-order valence-electron chi connectivity index (χ1n) is 3.39. The SMILES string of the molecule is N[C@@H](C=O)C1=CCC=CC1. The number of rotatable bonds is 2. The minimum atomic E-state index is -0.384. The van der Waals surface area contributed by atoms with Crippen LogP contribution in [0, 0.1) is 0 Å². The van der Waals surface area contributed by atoms with Crippen LogP contribution in [-0.2, 0) is 4.79 Å². The molecule has 1 atom stereocenters. The fourth-order valence-electron chi connectivity index (χ4n) is 0.978. The van der Waals surface area contributed by atoms with Crippen LogP contribution in [0.5, 0.6) is 0 Å². The first-order chi connectivity index (χ1) is 4.84. The summed E-state index contributed by atoms with van der Waals surface area (Å²) in [4.78, 5) is 10.2.